The summed E-state index contributed by atoms with van der Waals surface area (Å²) in [7, 11) is 3.97. The number of carbonyl (C=O) groups excluding carboxylic acids is 1. The zero-order valence-electron chi connectivity index (χ0n) is 8.10. The molecule has 0 spiro atoms. The fourth-order valence-corrected chi connectivity index (χ4v) is 1.08. The van der Waals surface area contributed by atoms with Crippen molar-refractivity contribution >= 4 is 21.8 Å². The number of halogens is 1. The summed E-state index contributed by atoms with van der Waals surface area (Å²) in [6.45, 7) is 4.68. The van der Waals surface area contributed by atoms with Gasteiger partial charge in [0.05, 0.1) is 4.83 Å². The van der Waals surface area contributed by atoms with E-state index in [-0.39, 0.29) is 16.8 Å². The van der Waals surface area contributed by atoms with Crippen LogP contribution in [0.4, 0.5) is 0 Å². The third kappa shape index (κ3) is 5.55. The van der Waals surface area contributed by atoms with Crippen molar-refractivity contribution in [2.45, 2.75) is 24.7 Å². The van der Waals surface area contributed by atoms with Crippen LogP contribution >= 0.6 is 15.9 Å². The second-order valence-corrected chi connectivity index (χ2v) is 4.66. The number of hydrogen-bond donors (Lipinski definition) is 1. The Labute approximate surface area is 82.6 Å². The van der Waals surface area contributed by atoms with E-state index in [1.165, 1.54) is 0 Å². The van der Waals surface area contributed by atoms with Crippen LogP contribution < -0.4 is 5.32 Å². The normalized spacial score (nSPS) is 15.8. The Morgan fingerprint density at radius 2 is 2.00 bits per heavy atom. The highest BCUT2D eigenvalue weighted by atomic mass is 79.9. The molecule has 0 radical (unpaired) electrons. The second-order valence-electron chi connectivity index (χ2n) is 3.29. The first-order valence-electron chi connectivity index (χ1n) is 4.02. The lowest BCUT2D eigenvalue weighted by Gasteiger charge is -2.18. The van der Waals surface area contributed by atoms with Crippen molar-refractivity contribution in [3.63, 3.8) is 0 Å². The SMILES string of the molecule is CC(CN(C)C)NC(=O)C(C)Br. The van der Waals surface area contributed by atoms with Gasteiger partial charge >= 0.3 is 0 Å². The van der Waals surface area contributed by atoms with Gasteiger partial charge in [0.25, 0.3) is 0 Å². The van der Waals surface area contributed by atoms with Crippen LogP contribution in [0, 0.1) is 0 Å². The number of hydrogen-bond acceptors (Lipinski definition) is 2. The van der Waals surface area contributed by atoms with Crippen molar-refractivity contribution in [1.29, 1.82) is 0 Å². The lowest BCUT2D eigenvalue weighted by atomic mass is 10.3. The van der Waals surface area contributed by atoms with E-state index >= 15 is 0 Å². The molecule has 0 aromatic heterocycles. The molecule has 4 heteroatoms. The smallest absolute Gasteiger partial charge is 0.233 e. The van der Waals surface area contributed by atoms with Crippen molar-refractivity contribution < 1.29 is 4.79 Å². The van der Waals surface area contributed by atoms with E-state index in [1.54, 1.807) is 0 Å². The summed E-state index contributed by atoms with van der Waals surface area (Å²) >= 11 is 3.21. The summed E-state index contributed by atoms with van der Waals surface area (Å²) in [5.74, 6) is 0.0457. The molecule has 1 N–H and O–H groups in total. The first-order chi connectivity index (χ1) is 5.43. The molecule has 0 bridgehead atoms. The fraction of sp³-hybridized carbons (Fsp3) is 0.875. The molecule has 0 aliphatic carbocycles. The van der Waals surface area contributed by atoms with Crippen LogP contribution in [0.5, 0.6) is 0 Å². The van der Waals surface area contributed by atoms with Crippen LogP contribution in [-0.2, 0) is 4.79 Å². The molecular formula is C8H17BrN2O. The van der Waals surface area contributed by atoms with E-state index in [4.69, 9.17) is 0 Å². The zero-order chi connectivity index (χ0) is 9.72. The monoisotopic (exact) mass is 236 g/mol. The number of alkyl halides is 1. The standard InChI is InChI=1S/C8H17BrN2O/c1-6(5-11(3)4)10-8(12)7(2)9/h6-7H,5H2,1-4H3,(H,10,12). The van der Waals surface area contributed by atoms with Gasteiger partial charge in [0.1, 0.15) is 0 Å². The maximum Gasteiger partial charge on any atom is 0.233 e. The van der Waals surface area contributed by atoms with Crippen LogP contribution in [0.2, 0.25) is 0 Å². The van der Waals surface area contributed by atoms with Crippen molar-refractivity contribution in [3.8, 4) is 0 Å². The Balaban J connectivity index is 3.69. The Kier molecular flexibility index (Phi) is 5.50. The molecule has 0 aliphatic rings. The Morgan fingerprint density at radius 1 is 1.50 bits per heavy atom. The molecule has 72 valence electrons. The Hall–Kier alpha value is -0.0900. The maximum atomic E-state index is 11.2. The lowest BCUT2D eigenvalue weighted by molar-refractivity contribution is -0.120. The average molecular weight is 237 g/mol. The predicted molar refractivity (Wildman–Crippen MR) is 54.5 cm³/mol. The second kappa shape index (κ2) is 5.54. The molecule has 2 atom stereocenters. The van der Waals surface area contributed by atoms with Gasteiger partial charge in [-0.05, 0) is 27.9 Å². The van der Waals surface area contributed by atoms with Gasteiger partial charge in [0.2, 0.25) is 5.91 Å². The number of carbonyl (C=O) groups is 1. The van der Waals surface area contributed by atoms with Crippen LogP contribution in [0.15, 0.2) is 0 Å². The first-order valence-corrected chi connectivity index (χ1v) is 4.94. The fourth-order valence-electron chi connectivity index (χ4n) is 0.951. The molecular weight excluding hydrogens is 220 g/mol. The van der Waals surface area contributed by atoms with Crippen LogP contribution in [-0.4, -0.2) is 42.3 Å². The molecule has 0 rings (SSSR count). The van der Waals surface area contributed by atoms with Crippen LogP contribution in [0.3, 0.4) is 0 Å². The molecule has 0 aliphatic heterocycles. The van der Waals surface area contributed by atoms with Crippen molar-refractivity contribution in [3.05, 3.63) is 0 Å². The van der Waals surface area contributed by atoms with Gasteiger partial charge in [-0.3, -0.25) is 4.79 Å². The van der Waals surface area contributed by atoms with Gasteiger partial charge in [-0.15, -0.1) is 0 Å². The summed E-state index contributed by atoms with van der Waals surface area (Å²) in [5, 5.41) is 2.88. The maximum absolute atomic E-state index is 11.2. The molecule has 0 fully saturated rings. The third-order valence-electron chi connectivity index (χ3n) is 1.39. The summed E-state index contributed by atoms with van der Waals surface area (Å²) in [4.78, 5) is 13.1. The zero-order valence-corrected chi connectivity index (χ0v) is 9.68. The van der Waals surface area contributed by atoms with Crippen LogP contribution in [0.1, 0.15) is 13.8 Å². The van der Waals surface area contributed by atoms with E-state index < -0.39 is 0 Å². The molecule has 0 heterocycles. The van der Waals surface area contributed by atoms with Gasteiger partial charge < -0.3 is 10.2 Å². The van der Waals surface area contributed by atoms with E-state index in [0.717, 1.165) is 6.54 Å². The molecule has 0 aromatic carbocycles. The molecule has 3 nitrogen and oxygen atoms in total. The Bertz CT molecular complexity index is 148. The topological polar surface area (TPSA) is 32.3 Å². The molecule has 0 saturated carbocycles. The van der Waals surface area contributed by atoms with Crippen molar-refractivity contribution in [1.82, 2.24) is 10.2 Å². The number of likely N-dealkylation sites (N-methyl/N-ethyl adjacent to an activating group) is 1. The molecule has 0 aromatic rings. The van der Waals surface area contributed by atoms with Gasteiger partial charge in [-0.2, -0.15) is 0 Å². The number of nitrogens with one attached hydrogen (secondary N) is 1. The highest BCUT2D eigenvalue weighted by Crippen LogP contribution is 1.97. The summed E-state index contributed by atoms with van der Waals surface area (Å²) in [5.41, 5.74) is 0. The minimum absolute atomic E-state index is 0.0457. The summed E-state index contributed by atoms with van der Waals surface area (Å²) in [6, 6.07) is 0.201. The largest absolute Gasteiger partial charge is 0.351 e. The molecule has 1 amide bonds. The van der Waals surface area contributed by atoms with E-state index in [9.17, 15) is 4.79 Å². The summed E-state index contributed by atoms with van der Waals surface area (Å²) < 4.78 is 0. The minimum atomic E-state index is -0.109. The minimum Gasteiger partial charge on any atom is -0.351 e. The lowest BCUT2D eigenvalue weighted by Crippen LogP contribution is -2.42. The highest BCUT2D eigenvalue weighted by Gasteiger charge is 2.11. The summed E-state index contributed by atoms with van der Waals surface area (Å²) in [6.07, 6.45) is 0. The predicted octanol–water partition coefficient (Wildman–Crippen LogP) is 0.836. The number of amides is 1. The highest BCUT2D eigenvalue weighted by molar-refractivity contribution is 9.10. The molecule has 2 unspecified atom stereocenters. The van der Waals surface area contributed by atoms with E-state index in [1.807, 2.05) is 32.8 Å². The van der Waals surface area contributed by atoms with Crippen molar-refractivity contribution in [2.24, 2.45) is 0 Å². The molecule has 0 saturated heterocycles. The van der Waals surface area contributed by atoms with Gasteiger partial charge in [-0.1, -0.05) is 15.9 Å². The first kappa shape index (κ1) is 11.9. The van der Waals surface area contributed by atoms with Crippen molar-refractivity contribution in [2.75, 3.05) is 20.6 Å². The molecule has 12 heavy (non-hydrogen) atoms. The Morgan fingerprint density at radius 3 is 2.33 bits per heavy atom. The van der Waals surface area contributed by atoms with E-state index in [0.29, 0.717) is 0 Å². The van der Waals surface area contributed by atoms with E-state index in [2.05, 4.69) is 21.2 Å². The van der Waals surface area contributed by atoms with Crippen LogP contribution in [0.25, 0.3) is 0 Å². The quantitative estimate of drug-likeness (QED) is 0.735. The van der Waals surface area contributed by atoms with Gasteiger partial charge in [0, 0.05) is 12.6 Å². The number of rotatable bonds is 4. The number of nitrogens with zero attached hydrogens (tertiary/aromatic N) is 1. The third-order valence-corrected chi connectivity index (χ3v) is 1.80. The average Bonchev–Trinajstić information content (AvgIpc) is 1.84. The van der Waals surface area contributed by atoms with Gasteiger partial charge in [-0.25, -0.2) is 0 Å². The van der Waals surface area contributed by atoms with Gasteiger partial charge in [0.15, 0.2) is 0 Å².